The van der Waals surface area contributed by atoms with E-state index in [-0.39, 0.29) is 12.7 Å². The van der Waals surface area contributed by atoms with Gasteiger partial charge in [0.1, 0.15) is 0 Å². The minimum atomic E-state index is -4.26. The van der Waals surface area contributed by atoms with Gasteiger partial charge in [0, 0.05) is 0 Å². The van der Waals surface area contributed by atoms with E-state index in [1.54, 1.807) is 13.0 Å². The van der Waals surface area contributed by atoms with Crippen molar-refractivity contribution < 1.29 is 17.9 Å². The second kappa shape index (κ2) is 3.52. The van der Waals surface area contributed by atoms with E-state index in [4.69, 9.17) is 4.74 Å². The summed E-state index contributed by atoms with van der Waals surface area (Å²) in [4.78, 5) is 0. The SMILES string of the molecule is CC1Cc2c(cccc2C(F)(F)F)CO1. The molecule has 0 N–H and O–H groups in total. The quantitative estimate of drug-likeness (QED) is 0.647. The van der Waals surface area contributed by atoms with Crippen molar-refractivity contribution in [2.45, 2.75) is 32.2 Å². The predicted octanol–water partition coefficient (Wildman–Crippen LogP) is 3.17. The van der Waals surface area contributed by atoms with Gasteiger partial charge in [0.2, 0.25) is 0 Å². The zero-order valence-corrected chi connectivity index (χ0v) is 8.27. The predicted molar refractivity (Wildman–Crippen MR) is 49.4 cm³/mol. The van der Waals surface area contributed by atoms with Gasteiger partial charge in [-0.05, 0) is 30.5 Å². The van der Waals surface area contributed by atoms with Crippen molar-refractivity contribution in [3.8, 4) is 0 Å². The topological polar surface area (TPSA) is 9.23 Å². The standard InChI is InChI=1S/C11H11F3O/c1-7-5-9-8(6-15-7)3-2-4-10(9)11(12,13)14/h2-4,7H,5-6H2,1H3. The van der Waals surface area contributed by atoms with E-state index in [0.29, 0.717) is 17.5 Å². The van der Waals surface area contributed by atoms with Gasteiger partial charge in [-0.2, -0.15) is 13.2 Å². The molecule has 1 nitrogen and oxygen atoms in total. The maximum Gasteiger partial charge on any atom is 0.416 e. The number of rotatable bonds is 0. The van der Waals surface area contributed by atoms with Crippen molar-refractivity contribution in [2.75, 3.05) is 0 Å². The van der Waals surface area contributed by atoms with Gasteiger partial charge >= 0.3 is 6.18 Å². The van der Waals surface area contributed by atoms with Gasteiger partial charge in [0.15, 0.2) is 0 Å². The molecule has 0 radical (unpaired) electrons. The Balaban J connectivity index is 2.49. The van der Waals surface area contributed by atoms with Crippen LogP contribution in [0.1, 0.15) is 23.6 Å². The lowest BCUT2D eigenvalue weighted by atomic mass is 9.94. The molecule has 1 aliphatic rings. The smallest absolute Gasteiger partial charge is 0.373 e. The van der Waals surface area contributed by atoms with Gasteiger partial charge in [0.05, 0.1) is 18.3 Å². The van der Waals surface area contributed by atoms with Gasteiger partial charge < -0.3 is 4.74 Å². The Morgan fingerprint density at radius 3 is 2.73 bits per heavy atom. The number of hydrogen-bond acceptors (Lipinski definition) is 1. The first-order chi connectivity index (χ1) is 6.98. The second-order valence-corrected chi connectivity index (χ2v) is 3.77. The highest BCUT2D eigenvalue weighted by molar-refractivity contribution is 5.38. The third-order valence-corrected chi connectivity index (χ3v) is 2.59. The van der Waals surface area contributed by atoms with E-state index in [1.807, 2.05) is 0 Å². The Morgan fingerprint density at radius 2 is 2.07 bits per heavy atom. The van der Waals surface area contributed by atoms with Crippen molar-refractivity contribution in [3.63, 3.8) is 0 Å². The Kier molecular flexibility index (Phi) is 2.46. The zero-order valence-electron chi connectivity index (χ0n) is 8.27. The maximum atomic E-state index is 12.7. The van der Waals surface area contributed by atoms with Crippen molar-refractivity contribution in [2.24, 2.45) is 0 Å². The summed E-state index contributed by atoms with van der Waals surface area (Å²) in [6, 6.07) is 4.26. The summed E-state index contributed by atoms with van der Waals surface area (Å²) < 4.78 is 43.3. The number of alkyl halides is 3. The van der Waals surface area contributed by atoms with Crippen molar-refractivity contribution >= 4 is 0 Å². The van der Waals surface area contributed by atoms with Crippen LogP contribution >= 0.6 is 0 Å². The molecular formula is C11H11F3O. The molecule has 1 unspecified atom stereocenters. The molecule has 0 saturated carbocycles. The molecule has 1 heterocycles. The molecule has 15 heavy (non-hydrogen) atoms. The lowest BCUT2D eigenvalue weighted by Gasteiger charge is -2.25. The van der Waals surface area contributed by atoms with Gasteiger partial charge in [0.25, 0.3) is 0 Å². The fourth-order valence-corrected chi connectivity index (χ4v) is 1.85. The Labute approximate surface area is 85.9 Å². The summed E-state index contributed by atoms with van der Waals surface area (Å²) in [7, 11) is 0. The molecule has 2 rings (SSSR count). The van der Waals surface area contributed by atoms with Crippen LogP contribution in [0.25, 0.3) is 0 Å². The molecule has 0 aliphatic carbocycles. The van der Waals surface area contributed by atoms with Gasteiger partial charge in [-0.25, -0.2) is 0 Å². The molecule has 0 fully saturated rings. The molecule has 82 valence electrons. The van der Waals surface area contributed by atoms with Crippen LogP contribution in [0, 0.1) is 0 Å². The van der Waals surface area contributed by atoms with E-state index in [0.717, 1.165) is 6.07 Å². The fourth-order valence-electron chi connectivity index (χ4n) is 1.85. The van der Waals surface area contributed by atoms with Crippen LogP contribution in [0.5, 0.6) is 0 Å². The van der Waals surface area contributed by atoms with Crippen LogP contribution in [0.4, 0.5) is 13.2 Å². The van der Waals surface area contributed by atoms with Crippen molar-refractivity contribution in [1.29, 1.82) is 0 Å². The maximum absolute atomic E-state index is 12.7. The van der Waals surface area contributed by atoms with Crippen LogP contribution in [0.2, 0.25) is 0 Å². The second-order valence-electron chi connectivity index (χ2n) is 3.77. The normalized spacial score (nSPS) is 21.2. The third kappa shape index (κ3) is 2.00. The highest BCUT2D eigenvalue weighted by Crippen LogP contribution is 2.35. The Bertz CT molecular complexity index is 371. The lowest BCUT2D eigenvalue weighted by molar-refractivity contribution is -0.138. The number of ether oxygens (including phenoxy) is 1. The van der Waals surface area contributed by atoms with Crippen LogP contribution in [-0.2, 0) is 23.9 Å². The van der Waals surface area contributed by atoms with Crippen LogP contribution in [0.15, 0.2) is 18.2 Å². The lowest BCUT2D eigenvalue weighted by Crippen LogP contribution is -2.23. The van der Waals surface area contributed by atoms with E-state index in [9.17, 15) is 13.2 Å². The first-order valence-corrected chi connectivity index (χ1v) is 4.78. The molecule has 0 amide bonds. The molecule has 1 aromatic carbocycles. The van der Waals surface area contributed by atoms with Gasteiger partial charge in [-0.1, -0.05) is 12.1 Å². The van der Waals surface area contributed by atoms with Gasteiger partial charge in [-0.3, -0.25) is 0 Å². The number of halogens is 3. The molecule has 0 saturated heterocycles. The molecule has 1 aromatic rings. The van der Waals surface area contributed by atoms with E-state index in [2.05, 4.69) is 0 Å². The molecule has 1 aliphatic heterocycles. The van der Waals surface area contributed by atoms with Crippen molar-refractivity contribution in [1.82, 2.24) is 0 Å². The molecule has 4 heteroatoms. The minimum Gasteiger partial charge on any atom is -0.373 e. The third-order valence-electron chi connectivity index (χ3n) is 2.59. The summed E-state index contributed by atoms with van der Waals surface area (Å²) in [5, 5.41) is 0. The highest BCUT2D eigenvalue weighted by atomic mass is 19.4. The van der Waals surface area contributed by atoms with Crippen molar-refractivity contribution in [3.05, 3.63) is 34.9 Å². The summed E-state index contributed by atoms with van der Waals surface area (Å²) in [5.41, 5.74) is 0.529. The minimum absolute atomic E-state index is 0.138. The largest absolute Gasteiger partial charge is 0.416 e. The Hall–Kier alpha value is -1.03. The zero-order chi connectivity index (χ0) is 11.1. The summed E-state index contributed by atoms with van der Waals surface area (Å²) in [6.45, 7) is 2.07. The summed E-state index contributed by atoms with van der Waals surface area (Å²) >= 11 is 0. The van der Waals surface area contributed by atoms with E-state index >= 15 is 0 Å². The van der Waals surface area contributed by atoms with E-state index in [1.165, 1.54) is 6.07 Å². The first kappa shape index (κ1) is 10.5. The number of benzene rings is 1. The molecule has 0 bridgehead atoms. The number of fused-ring (bicyclic) bond motifs is 1. The van der Waals surface area contributed by atoms with Crippen LogP contribution < -0.4 is 0 Å². The van der Waals surface area contributed by atoms with Crippen LogP contribution in [-0.4, -0.2) is 6.10 Å². The highest BCUT2D eigenvalue weighted by Gasteiger charge is 2.35. The first-order valence-electron chi connectivity index (χ1n) is 4.78. The number of hydrogen-bond donors (Lipinski definition) is 0. The average Bonchev–Trinajstić information content (AvgIpc) is 2.15. The molecular weight excluding hydrogens is 205 g/mol. The Morgan fingerprint density at radius 1 is 1.33 bits per heavy atom. The van der Waals surface area contributed by atoms with Gasteiger partial charge in [-0.15, -0.1) is 0 Å². The average molecular weight is 216 g/mol. The summed E-state index contributed by atoms with van der Waals surface area (Å²) in [5.74, 6) is 0. The monoisotopic (exact) mass is 216 g/mol. The molecule has 0 aromatic heterocycles. The molecule has 1 atom stereocenters. The van der Waals surface area contributed by atoms with E-state index < -0.39 is 11.7 Å². The summed E-state index contributed by atoms with van der Waals surface area (Å²) in [6.07, 6.45) is -4.06. The fraction of sp³-hybridized carbons (Fsp3) is 0.455. The molecule has 0 spiro atoms. The van der Waals surface area contributed by atoms with Crippen LogP contribution in [0.3, 0.4) is 0 Å².